The van der Waals surface area contributed by atoms with E-state index in [0.717, 1.165) is 11.6 Å². The fourth-order valence-corrected chi connectivity index (χ4v) is 2.78. The molecule has 1 unspecified atom stereocenters. The van der Waals surface area contributed by atoms with Crippen LogP contribution in [0, 0.1) is 17.1 Å². The molecule has 0 aliphatic carbocycles. The normalized spacial score (nSPS) is 11.3. The van der Waals surface area contributed by atoms with Gasteiger partial charge in [-0.25, -0.2) is 9.18 Å². The van der Waals surface area contributed by atoms with Gasteiger partial charge in [-0.05, 0) is 23.8 Å². The van der Waals surface area contributed by atoms with E-state index in [-0.39, 0.29) is 28.7 Å². The lowest BCUT2D eigenvalue weighted by atomic mass is 10.1. The highest BCUT2D eigenvalue weighted by molar-refractivity contribution is 6.31. The zero-order valence-electron chi connectivity index (χ0n) is 14.9. The second-order valence-corrected chi connectivity index (χ2v) is 6.30. The van der Waals surface area contributed by atoms with Gasteiger partial charge in [0.25, 0.3) is 0 Å². The van der Waals surface area contributed by atoms with Gasteiger partial charge in [0.15, 0.2) is 0 Å². The maximum atomic E-state index is 14.4. The SMILES string of the molecule is N#Cc1c(F)cc(OCc2ccncc2)cc1OC(C(=O)O)c1ccccc1Cl. The molecule has 0 spiro atoms. The summed E-state index contributed by atoms with van der Waals surface area (Å²) in [5.74, 6) is -2.41. The van der Waals surface area contributed by atoms with Crippen LogP contribution in [-0.4, -0.2) is 16.1 Å². The van der Waals surface area contributed by atoms with E-state index in [9.17, 15) is 19.6 Å². The van der Waals surface area contributed by atoms with Crippen molar-refractivity contribution in [2.24, 2.45) is 0 Å². The molecule has 1 heterocycles. The molecule has 146 valence electrons. The molecule has 0 fully saturated rings. The number of rotatable bonds is 7. The fraction of sp³-hybridized carbons (Fsp3) is 0.0952. The van der Waals surface area contributed by atoms with Crippen molar-refractivity contribution >= 4 is 17.6 Å². The number of carboxylic acid groups (broad SMARTS) is 1. The zero-order chi connectivity index (χ0) is 20.8. The second kappa shape index (κ2) is 9.04. The lowest BCUT2D eigenvalue weighted by molar-refractivity contribution is -0.145. The van der Waals surface area contributed by atoms with E-state index in [4.69, 9.17) is 21.1 Å². The number of carboxylic acids is 1. The summed E-state index contributed by atoms with van der Waals surface area (Å²) in [6.45, 7) is 0.125. The molecule has 3 aromatic rings. The average Bonchev–Trinajstić information content (AvgIpc) is 2.71. The molecule has 8 heteroatoms. The number of aromatic nitrogens is 1. The number of aliphatic carboxylic acids is 1. The lowest BCUT2D eigenvalue weighted by Gasteiger charge is -2.18. The van der Waals surface area contributed by atoms with Crippen molar-refractivity contribution in [1.82, 2.24) is 4.98 Å². The van der Waals surface area contributed by atoms with Gasteiger partial charge in [-0.2, -0.15) is 5.26 Å². The molecular weight excluding hydrogens is 399 g/mol. The van der Waals surface area contributed by atoms with Crippen molar-refractivity contribution in [3.05, 3.63) is 88.5 Å². The minimum atomic E-state index is -1.54. The highest BCUT2D eigenvalue weighted by Gasteiger charge is 2.26. The predicted molar refractivity (Wildman–Crippen MR) is 102 cm³/mol. The Hall–Kier alpha value is -3.63. The molecule has 0 aliphatic heterocycles. The smallest absolute Gasteiger partial charge is 0.349 e. The Bertz CT molecular complexity index is 1070. The Morgan fingerprint density at radius 3 is 2.62 bits per heavy atom. The molecule has 0 amide bonds. The molecule has 1 atom stereocenters. The largest absolute Gasteiger partial charge is 0.489 e. The third-order valence-electron chi connectivity index (χ3n) is 3.95. The quantitative estimate of drug-likeness (QED) is 0.613. The molecular formula is C21H14ClFN2O4. The summed E-state index contributed by atoms with van der Waals surface area (Å²) >= 11 is 6.07. The summed E-state index contributed by atoms with van der Waals surface area (Å²) in [5.41, 5.74) is 0.542. The number of pyridine rings is 1. The molecule has 0 saturated carbocycles. The van der Waals surface area contributed by atoms with Crippen LogP contribution < -0.4 is 9.47 Å². The standard InChI is InChI=1S/C21H14ClFN2O4/c22-17-4-2-1-3-15(17)20(21(26)27)29-19-10-14(9-18(23)16(19)11-24)28-12-13-5-7-25-8-6-13/h1-10,20H,12H2,(H,26,27). The van der Waals surface area contributed by atoms with E-state index in [0.29, 0.717) is 0 Å². The number of benzene rings is 2. The molecule has 0 radical (unpaired) electrons. The van der Waals surface area contributed by atoms with Gasteiger partial charge in [0.05, 0.1) is 0 Å². The van der Waals surface area contributed by atoms with Gasteiger partial charge < -0.3 is 14.6 Å². The number of hydrogen-bond donors (Lipinski definition) is 1. The Morgan fingerprint density at radius 1 is 1.24 bits per heavy atom. The number of hydrogen-bond acceptors (Lipinski definition) is 5. The van der Waals surface area contributed by atoms with Gasteiger partial charge in [-0.1, -0.05) is 29.8 Å². The molecule has 6 nitrogen and oxygen atoms in total. The first-order chi connectivity index (χ1) is 14.0. The second-order valence-electron chi connectivity index (χ2n) is 5.89. The monoisotopic (exact) mass is 412 g/mol. The number of nitrogens with zero attached hydrogens (tertiary/aromatic N) is 2. The van der Waals surface area contributed by atoms with Crippen LogP contribution in [-0.2, 0) is 11.4 Å². The highest BCUT2D eigenvalue weighted by Crippen LogP contribution is 2.33. The summed E-state index contributed by atoms with van der Waals surface area (Å²) < 4.78 is 25.5. The van der Waals surface area contributed by atoms with Gasteiger partial charge in [-0.3, -0.25) is 4.98 Å². The minimum absolute atomic E-state index is 0.0802. The van der Waals surface area contributed by atoms with Crippen LogP contribution >= 0.6 is 11.6 Å². The van der Waals surface area contributed by atoms with Crippen LogP contribution in [0.25, 0.3) is 0 Å². The maximum absolute atomic E-state index is 14.4. The van der Waals surface area contributed by atoms with Gasteiger partial charge >= 0.3 is 5.97 Å². The summed E-state index contributed by atoms with van der Waals surface area (Å²) in [4.78, 5) is 15.6. The Balaban J connectivity index is 1.92. The van der Waals surface area contributed by atoms with Crippen LogP contribution in [0.5, 0.6) is 11.5 Å². The van der Waals surface area contributed by atoms with Gasteiger partial charge in [0.1, 0.15) is 35.6 Å². The molecule has 1 N–H and O–H groups in total. The molecule has 0 bridgehead atoms. The topological polar surface area (TPSA) is 92.4 Å². The van der Waals surface area contributed by atoms with Gasteiger partial charge in [0.2, 0.25) is 6.10 Å². The van der Waals surface area contributed by atoms with Gasteiger partial charge in [0, 0.05) is 35.1 Å². The van der Waals surface area contributed by atoms with Crippen molar-refractivity contribution in [1.29, 1.82) is 5.26 Å². The number of ether oxygens (including phenoxy) is 2. The zero-order valence-corrected chi connectivity index (χ0v) is 15.6. The highest BCUT2D eigenvalue weighted by atomic mass is 35.5. The van der Waals surface area contributed by atoms with Crippen LogP contribution in [0.2, 0.25) is 5.02 Å². The number of halogens is 2. The summed E-state index contributed by atoms with van der Waals surface area (Å²) in [6.07, 6.45) is 1.65. The third kappa shape index (κ3) is 4.81. The van der Waals surface area contributed by atoms with Crippen molar-refractivity contribution in [3.8, 4) is 17.6 Å². The molecule has 3 rings (SSSR count). The van der Waals surface area contributed by atoms with Crippen LogP contribution in [0.4, 0.5) is 4.39 Å². The fourth-order valence-electron chi connectivity index (χ4n) is 2.55. The average molecular weight is 413 g/mol. The number of carbonyl (C=O) groups is 1. The first-order valence-electron chi connectivity index (χ1n) is 8.39. The van der Waals surface area contributed by atoms with Crippen LogP contribution in [0.1, 0.15) is 22.8 Å². The summed E-state index contributed by atoms with van der Waals surface area (Å²) in [7, 11) is 0. The van der Waals surface area contributed by atoms with Crippen LogP contribution in [0.3, 0.4) is 0 Å². The Labute approximate surface area is 170 Å². The lowest BCUT2D eigenvalue weighted by Crippen LogP contribution is -2.19. The van der Waals surface area contributed by atoms with E-state index in [2.05, 4.69) is 4.98 Å². The molecule has 2 aromatic carbocycles. The molecule has 0 saturated heterocycles. The van der Waals surface area contributed by atoms with Crippen molar-refractivity contribution < 1.29 is 23.8 Å². The third-order valence-corrected chi connectivity index (χ3v) is 4.30. The van der Waals surface area contributed by atoms with E-state index >= 15 is 0 Å². The van der Waals surface area contributed by atoms with E-state index < -0.39 is 23.5 Å². The van der Waals surface area contributed by atoms with Crippen molar-refractivity contribution in [3.63, 3.8) is 0 Å². The Morgan fingerprint density at radius 2 is 1.97 bits per heavy atom. The van der Waals surface area contributed by atoms with Crippen molar-refractivity contribution in [2.45, 2.75) is 12.7 Å². The van der Waals surface area contributed by atoms with E-state index in [1.807, 2.05) is 0 Å². The molecule has 29 heavy (non-hydrogen) atoms. The summed E-state index contributed by atoms with van der Waals surface area (Å²) in [6, 6.07) is 13.7. The van der Waals surface area contributed by atoms with Crippen LogP contribution in [0.15, 0.2) is 60.9 Å². The number of nitriles is 1. The minimum Gasteiger partial charge on any atom is -0.489 e. The first kappa shape index (κ1) is 20.1. The molecule has 0 aliphatic rings. The Kier molecular flexibility index (Phi) is 6.27. The summed E-state index contributed by atoms with van der Waals surface area (Å²) in [5, 5.41) is 19.0. The predicted octanol–water partition coefficient (Wildman–Crippen LogP) is 4.53. The van der Waals surface area contributed by atoms with Gasteiger partial charge in [-0.15, -0.1) is 0 Å². The molecule has 1 aromatic heterocycles. The van der Waals surface area contributed by atoms with E-state index in [1.165, 1.54) is 18.2 Å². The van der Waals surface area contributed by atoms with E-state index in [1.54, 1.807) is 42.7 Å². The van der Waals surface area contributed by atoms with Crippen molar-refractivity contribution in [2.75, 3.05) is 0 Å². The first-order valence-corrected chi connectivity index (χ1v) is 8.76. The maximum Gasteiger partial charge on any atom is 0.349 e.